The quantitative estimate of drug-likeness (QED) is 0.547. The monoisotopic (exact) mass is 417 g/mol. The van der Waals surface area contributed by atoms with Crippen molar-refractivity contribution < 1.29 is 13.3 Å². The van der Waals surface area contributed by atoms with E-state index < -0.39 is 14.9 Å². The van der Waals surface area contributed by atoms with Gasteiger partial charge in [0.15, 0.2) is 0 Å². The zero-order valence-electron chi connectivity index (χ0n) is 17.0. The summed E-state index contributed by atoms with van der Waals surface area (Å²) in [5, 5.41) is 10.8. The van der Waals surface area contributed by atoms with Crippen molar-refractivity contribution >= 4 is 21.4 Å². The van der Waals surface area contributed by atoms with Gasteiger partial charge in [-0.05, 0) is 41.7 Å². The Morgan fingerprint density at radius 2 is 1.48 bits per heavy atom. The minimum Gasteiger partial charge on any atom is -0.369 e. The van der Waals surface area contributed by atoms with Crippen molar-refractivity contribution in [3.8, 4) is 0 Å². The lowest BCUT2D eigenvalue weighted by molar-refractivity contribution is -0.384. The van der Waals surface area contributed by atoms with Crippen LogP contribution in [0.5, 0.6) is 0 Å². The SMILES string of the molecule is CC(C)(C)Cc1ccc(S(=O)(=O)N2CCN(c3ccc([N+](=O)[O-])cc3)CC2)cc1. The van der Waals surface area contributed by atoms with E-state index in [1.807, 2.05) is 17.0 Å². The number of nitrogens with zero attached hydrogens (tertiary/aromatic N) is 3. The second kappa shape index (κ2) is 8.12. The first-order chi connectivity index (χ1) is 13.6. The van der Waals surface area contributed by atoms with E-state index in [2.05, 4.69) is 20.8 Å². The van der Waals surface area contributed by atoms with Crippen LogP contribution < -0.4 is 4.90 Å². The van der Waals surface area contributed by atoms with Crippen molar-refractivity contribution in [3.63, 3.8) is 0 Å². The molecule has 2 aromatic rings. The Labute approximate surface area is 172 Å². The average molecular weight is 418 g/mol. The predicted octanol–water partition coefficient (Wildman–Crippen LogP) is 3.69. The van der Waals surface area contributed by atoms with Crippen LogP contribution in [0.15, 0.2) is 53.4 Å². The Bertz CT molecular complexity index is 956. The number of nitro benzene ring substituents is 1. The van der Waals surface area contributed by atoms with E-state index in [1.54, 1.807) is 24.3 Å². The van der Waals surface area contributed by atoms with Crippen LogP contribution in [0.2, 0.25) is 0 Å². The van der Waals surface area contributed by atoms with Gasteiger partial charge in [0.2, 0.25) is 10.0 Å². The maximum Gasteiger partial charge on any atom is 0.269 e. The van der Waals surface area contributed by atoms with Gasteiger partial charge in [0.1, 0.15) is 0 Å². The van der Waals surface area contributed by atoms with Crippen LogP contribution in [0.25, 0.3) is 0 Å². The van der Waals surface area contributed by atoms with E-state index in [0.29, 0.717) is 31.1 Å². The van der Waals surface area contributed by atoms with Gasteiger partial charge in [-0.1, -0.05) is 32.9 Å². The van der Waals surface area contributed by atoms with Crippen molar-refractivity contribution in [1.82, 2.24) is 4.31 Å². The highest BCUT2D eigenvalue weighted by molar-refractivity contribution is 7.89. The Balaban J connectivity index is 1.65. The molecular weight excluding hydrogens is 390 g/mol. The Morgan fingerprint density at radius 1 is 0.931 bits per heavy atom. The third-order valence-electron chi connectivity index (χ3n) is 4.96. The molecule has 156 valence electrons. The molecule has 0 saturated carbocycles. The fraction of sp³-hybridized carbons (Fsp3) is 0.429. The van der Waals surface area contributed by atoms with Crippen molar-refractivity contribution in [2.75, 3.05) is 31.1 Å². The molecule has 1 aliphatic heterocycles. The second-order valence-corrected chi connectivity index (χ2v) is 10.5. The second-order valence-electron chi connectivity index (χ2n) is 8.55. The molecule has 1 aliphatic rings. The van der Waals surface area contributed by atoms with Crippen LogP contribution in [-0.4, -0.2) is 43.8 Å². The molecule has 1 fully saturated rings. The zero-order chi connectivity index (χ0) is 21.2. The van der Waals surface area contributed by atoms with Gasteiger partial charge in [-0.25, -0.2) is 8.42 Å². The van der Waals surface area contributed by atoms with Gasteiger partial charge >= 0.3 is 0 Å². The Hall–Kier alpha value is -2.45. The highest BCUT2D eigenvalue weighted by Gasteiger charge is 2.28. The molecule has 0 bridgehead atoms. The first kappa shape index (κ1) is 21.3. The summed E-state index contributed by atoms with van der Waals surface area (Å²) in [5.74, 6) is 0. The van der Waals surface area contributed by atoms with E-state index >= 15 is 0 Å². The third-order valence-corrected chi connectivity index (χ3v) is 6.87. The first-order valence-electron chi connectivity index (χ1n) is 9.65. The lowest BCUT2D eigenvalue weighted by atomic mass is 9.88. The minimum atomic E-state index is -3.53. The van der Waals surface area contributed by atoms with Gasteiger partial charge in [0.25, 0.3) is 5.69 Å². The van der Waals surface area contributed by atoms with Gasteiger partial charge in [0, 0.05) is 44.0 Å². The lowest BCUT2D eigenvalue weighted by Crippen LogP contribution is -2.48. The number of piperazine rings is 1. The molecule has 3 rings (SSSR count). The number of hydrogen-bond donors (Lipinski definition) is 0. The molecule has 29 heavy (non-hydrogen) atoms. The van der Waals surface area contributed by atoms with Crippen LogP contribution in [0.3, 0.4) is 0 Å². The average Bonchev–Trinajstić information content (AvgIpc) is 2.67. The highest BCUT2D eigenvalue weighted by Crippen LogP contribution is 2.25. The number of rotatable bonds is 5. The predicted molar refractivity (Wildman–Crippen MR) is 114 cm³/mol. The van der Waals surface area contributed by atoms with Crippen LogP contribution in [0, 0.1) is 15.5 Å². The molecule has 0 atom stereocenters. The Kier molecular flexibility index (Phi) is 5.95. The molecule has 0 N–H and O–H groups in total. The number of benzene rings is 2. The van der Waals surface area contributed by atoms with Crippen molar-refractivity contribution in [2.24, 2.45) is 5.41 Å². The molecule has 0 aliphatic carbocycles. The summed E-state index contributed by atoms with van der Waals surface area (Å²) in [6.07, 6.45) is 0.890. The summed E-state index contributed by atoms with van der Waals surface area (Å²) in [4.78, 5) is 12.7. The maximum absolute atomic E-state index is 13.0. The highest BCUT2D eigenvalue weighted by atomic mass is 32.2. The molecule has 1 heterocycles. The molecule has 2 aromatic carbocycles. The fourth-order valence-corrected chi connectivity index (χ4v) is 4.93. The van der Waals surface area contributed by atoms with E-state index in [4.69, 9.17) is 0 Å². The van der Waals surface area contributed by atoms with E-state index in [1.165, 1.54) is 16.4 Å². The number of anilines is 1. The summed E-state index contributed by atoms with van der Waals surface area (Å²) in [6, 6.07) is 13.5. The molecule has 7 nitrogen and oxygen atoms in total. The minimum absolute atomic E-state index is 0.0462. The van der Waals surface area contributed by atoms with Crippen molar-refractivity contribution in [3.05, 3.63) is 64.2 Å². The molecule has 1 saturated heterocycles. The lowest BCUT2D eigenvalue weighted by Gasteiger charge is -2.35. The standard InChI is InChI=1S/C21H27N3O4S/c1-21(2,3)16-17-4-10-20(11-5-17)29(27,28)23-14-12-22(13-15-23)18-6-8-19(9-7-18)24(25)26/h4-11H,12-16H2,1-3H3. The molecule has 0 unspecified atom stereocenters. The molecule has 0 spiro atoms. The van der Waals surface area contributed by atoms with E-state index in [9.17, 15) is 18.5 Å². The van der Waals surface area contributed by atoms with Gasteiger partial charge in [-0.15, -0.1) is 0 Å². The summed E-state index contributed by atoms with van der Waals surface area (Å²) in [5.41, 5.74) is 2.18. The van der Waals surface area contributed by atoms with Gasteiger partial charge < -0.3 is 4.90 Å². The van der Waals surface area contributed by atoms with E-state index in [0.717, 1.165) is 17.7 Å². The van der Waals surface area contributed by atoms with Crippen LogP contribution in [-0.2, 0) is 16.4 Å². The van der Waals surface area contributed by atoms with Crippen molar-refractivity contribution in [2.45, 2.75) is 32.1 Å². The number of hydrogen-bond acceptors (Lipinski definition) is 5. The number of non-ortho nitro benzene ring substituents is 1. The molecule has 8 heteroatoms. The molecule has 0 amide bonds. The Morgan fingerprint density at radius 3 is 1.97 bits per heavy atom. The van der Waals surface area contributed by atoms with Crippen LogP contribution in [0.4, 0.5) is 11.4 Å². The van der Waals surface area contributed by atoms with Crippen LogP contribution >= 0.6 is 0 Å². The zero-order valence-corrected chi connectivity index (χ0v) is 17.9. The summed E-state index contributed by atoms with van der Waals surface area (Å²) in [6.45, 7) is 8.30. The molecule has 0 aromatic heterocycles. The summed E-state index contributed by atoms with van der Waals surface area (Å²) in [7, 11) is -3.53. The molecular formula is C21H27N3O4S. The van der Waals surface area contributed by atoms with Crippen LogP contribution in [0.1, 0.15) is 26.3 Å². The smallest absolute Gasteiger partial charge is 0.269 e. The first-order valence-corrected chi connectivity index (χ1v) is 11.1. The fourth-order valence-electron chi connectivity index (χ4n) is 3.51. The largest absolute Gasteiger partial charge is 0.369 e. The third kappa shape index (κ3) is 5.13. The number of nitro groups is 1. The number of sulfonamides is 1. The topological polar surface area (TPSA) is 83.8 Å². The summed E-state index contributed by atoms with van der Waals surface area (Å²) < 4.78 is 27.5. The summed E-state index contributed by atoms with van der Waals surface area (Å²) >= 11 is 0. The van der Waals surface area contributed by atoms with Gasteiger partial charge in [-0.2, -0.15) is 4.31 Å². The van der Waals surface area contributed by atoms with Gasteiger partial charge in [0.05, 0.1) is 9.82 Å². The molecule has 0 radical (unpaired) electrons. The van der Waals surface area contributed by atoms with Crippen molar-refractivity contribution in [1.29, 1.82) is 0 Å². The van der Waals surface area contributed by atoms with E-state index in [-0.39, 0.29) is 11.1 Å². The normalized spacial score (nSPS) is 16.0. The van der Waals surface area contributed by atoms with Gasteiger partial charge in [-0.3, -0.25) is 10.1 Å². The maximum atomic E-state index is 13.0.